The van der Waals surface area contributed by atoms with Gasteiger partial charge in [-0.2, -0.15) is 4.31 Å². The molecular formula is C17H22N4O5S. The lowest BCUT2D eigenvalue weighted by Gasteiger charge is -2.30. The molecule has 10 heteroatoms. The number of H-pyrrole nitrogens is 1. The highest BCUT2D eigenvalue weighted by molar-refractivity contribution is 7.89. The van der Waals surface area contributed by atoms with Gasteiger partial charge in [-0.15, -0.1) is 0 Å². The summed E-state index contributed by atoms with van der Waals surface area (Å²) in [5, 5.41) is 2.92. The molecule has 146 valence electrons. The standard InChI is InChI=1S/C17H22N4O5S/c1-25-13-3-4-15(26-2)14(9-13)20-17(22)12-5-7-21(8-6-12)27(23,24)16-10-18-11-19-16/h3-4,9-12H,5-8H2,1-2H3,(H,18,19)(H,20,22). The van der Waals surface area contributed by atoms with Crippen molar-refractivity contribution in [2.45, 2.75) is 17.9 Å². The lowest BCUT2D eigenvalue weighted by atomic mass is 9.97. The van der Waals surface area contributed by atoms with Crippen LogP contribution < -0.4 is 14.8 Å². The second kappa shape index (κ2) is 7.97. The van der Waals surface area contributed by atoms with Gasteiger partial charge in [-0.05, 0) is 25.0 Å². The number of hydrogen-bond acceptors (Lipinski definition) is 6. The van der Waals surface area contributed by atoms with Crippen molar-refractivity contribution in [3.05, 3.63) is 30.7 Å². The van der Waals surface area contributed by atoms with Gasteiger partial charge in [-0.3, -0.25) is 4.79 Å². The number of hydrogen-bond donors (Lipinski definition) is 2. The molecule has 1 aliphatic heterocycles. The summed E-state index contributed by atoms with van der Waals surface area (Å²) in [4.78, 5) is 19.0. The van der Waals surface area contributed by atoms with E-state index in [1.54, 1.807) is 25.3 Å². The smallest absolute Gasteiger partial charge is 0.260 e. The summed E-state index contributed by atoms with van der Waals surface area (Å²) in [7, 11) is -0.530. The van der Waals surface area contributed by atoms with Crippen LogP contribution in [0, 0.1) is 5.92 Å². The minimum atomic E-state index is -3.60. The van der Waals surface area contributed by atoms with Crippen LogP contribution in [0.1, 0.15) is 12.8 Å². The molecule has 0 radical (unpaired) electrons. The number of carbonyl (C=O) groups excluding carboxylic acids is 1. The van der Waals surface area contributed by atoms with Crippen molar-refractivity contribution in [1.82, 2.24) is 14.3 Å². The van der Waals surface area contributed by atoms with Crippen molar-refractivity contribution >= 4 is 21.6 Å². The van der Waals surface area contributed by atoms with Crippen LogP contribution in [-0.4, -0.2) is 55.9 Å². The molecule has 0 bridgehead atoms. The zero-order valence-corrected chi connectivity index (χ0v) is 16.0. The highest BCUT2D eigenvalue weighted by Crippen LogP contribution is 2.30. The molecule has 0 unspecified atom stereocenters. The molecule has 1 aromatic heterocycles. The van der Waals surface area contributed by atoms with Crippen LogP contribution in [0.4, 0.5) is 5.69 Å². The quantitative estimate of drug-likeness (QED) is 0.767. The van der Waals surface area contributed by atoms with E-state index in [1.165, 1.54) is 23.9 Å². The van der Waals surface area contributed by atoms with Crippen LogP contribution in [0.3, 0.4) is 0 Å². The van der Waals surface area contributed by atoms with Gasteiger partial charge in [0.15, 0.2) is 5.03 Å². The molecule has 1 aromatic carbocycles. The predicted octanol–water partition coefficient (Wildman–Crippen LogP) is 1.47. The Bertz CT molecular complexity index is 890. The number of imidazole rings is 1. The van der Waals surface area contributed by atoms with Crippen molar-refractivity contribution in [3.8, 4) is 11.5 Å². The van der Waals surface area contributed by atoms with Gasteiger partial charge >= 0.3 is 0 Å². The normalized spacial score (nSPS) is 16.1. The minimum Gasteiger partial charge on any atom is -0.497 e. The van der Waals surface area contributed by atoms with E-state index in [0.29, 0.717) is 30.0 Å². The Hall–Kier alpha value is -2.59. The van der Waals surface area contributed by atoms with Gasteiger partial charge in [0.2, 0.25) is 5.91 Å². The Morgan fingerprint density at radius 2 is 2.00 bits per heavy atom. The lowest BCUT2D eigenvalue weighted by molar-refractivity contribution is -0.120. The maximum absolute atomic E-state index is 12.6. The fraction of sp³-hybridized carbons (Fsp3) is 0.412. The first-order valence-electron chi connectivity index (χ1n) is 8.47. The number of benzene rings is 1. The van der Waals surface area contributed by atoms with Crippen LogP contribution in [0.2, 0.25) is 0 Å². The summed E-state index contributed by atoms with van der Waals surface area (Å²) in [6, 6.07) is 5.15. The first-order chi connectivity index (χ1) is 13.0. The number of nitrogens with one attached hydrogen (secondary N) is 2. The van der Waals surface area contributed by atoms with Crippen molar-refractivity contribution in [3.63, 3.8) is 0 Å². The second-order valence-electron chi connectivity index (χ2n) is 6.15. The lowest BCUT2D eigenvalue weighted by Crippen LogP contribution is -2.41. The average Bonchev–Trinajstić information content (AvgIpc) is 3.23. The van der Waals surface area contributed by atoms with E-state index < -0.39 is 10.0 Å². The van der Waals surface area contributed by atoms with Crippen LogP contribution in [0.25, 0.3) is 0 Å². The molecule has 0 saturated carbocycles. The minimum absolute atomic E-state index is 0.0616. The Morgan fingerprint density at radius 1 is 1.26 bits per heavy atom. The Morgan fingerprint density at radius 3 is 2.59 bits per heavy atom. The van der Waals surface area contributed by atoms with E-state index in [4.69, 9.17) is 9.47 Å². The van der Waals surface area contributed by atoms with E-state index in [-0.39, 0.29) is 29.9 Å². The van der Waals surface area contributed by atoms with Gasteiger partial charge < -0.3 is 19.8 Å². The largest absolute Gasteiger partial charge is 0.497 e. The molecule has 0 atom stereocenters. The van der Waals surface area contributed by atoms with Crippen molar-refractivity contribution in [1.29, 1.82) is 0 Å². The van der Waals surface area contributed by atoms with E-state index in [9.17, 15) is 13.2 Å². The molecule has 1 fully saturated rings. The van der Waals surface area contributed by atoms with Crippen LogP contribution >= 0.6 is 0 Å². The van der Waals surface area contributed by atoms with Crippen LogP contribution in [0.15, 0.2) is 35.7 Å². The van der Waals surface area contributed by atoms with Gasteiger partial charge in [-0.25, -0.2) is 13.4 Å². The number of anilines is 1. The number of aromatic nitrogens is 2. The van der Waals surface area contributed by atoms with Gasteiger partial charge in [0.25, 0.3) is 10.0 Å². The molecule has 2 aromatic rings. The van der Waals surface area contributed by atoms with Gasteiger partial charge in [0.1, 0.15) is 11.5 Å². The summed E-state index contributed by atoms with van der Waals surface area (Å²) < 4.78 is 36.8. The fourth-order valence-corrected chi connectivity index (χ4v) is 4.39. The Balaban J connectivity index is 1.64. The third-order valence-corrected chi connectivity index (χ3v) is 6.40. The summed E-state index contributed by atoms with van der Waals surface area (Å²) in [5.74, 6) is 0.684. The topological polar surface area (TPSA) is 114 Å². The maximum atomic E-state index is 12.6. The number of methoxy groups -OCH3 is 2. The predicted molar refractivity (Wildman–Crippen MR) is 98.2 cm³/mol. The molecule has 2 N–H and O–H groups in total. The molecular weight excluding hydrogens is 372 g/mol. The zero-order valence-electron chi connectivity index (χ0n) is 15.1. The molecule has 2 heterocycles. The first kappa shape index (κ1) is 19.2. The summed E-state index contributed by atoms with van der Waals surface area (Å²) in [6.45, 7) is 0.545. The van der Waals surface area contributed by atoms with Crippen molar-refractivity contribution < 1.29 is 22.7 Å². The highest BCUT2D eigenvalue weighted by atomic mass is 32.2. The van der Waals surface area contributed by atoms with E-state index in [2.05, 4.69) is 15.3 Å². The molecule has 3 rings (SSSR count). The van der Waals surface area contributed by atoms with Crippen LogP contribution in [-0.2, 0) is 14.8 Å². The van der Waals surface area contributed by atoms with Gasteiger partial charge in [0, 0.05) is 25.1 Å². The molecule has 0 spiro atoms. The number of sulfonamides is 1. The van der Waals surface area contributed by atoms with Crippen molar-refractivity contribution in [2.75, 3.05) is 32.6 Å². The zero-order chi connectivity index (χ0) is 19.4. The Kier molecular flexibility index (Phi) is 5.66. The number of aromatic amines is 1. The number of nitrogens with zero attached hydrogens (tertiary/aromatic N) is 2. The molecule has 27 heavy (non-hydrogen) atoms. The van der Waals surface area contributed by atoms with Crippen molar-refractivity contribution in [2.24, 2.45) is 5.92 Å². The first-order valence-corrected chi connectivity index (χ1v) is 9.91. The van der Waals surface area contributed by atoms with Gasteiger partial charge in [-0.1, -0.05) is 0 Å². The van der Waals surface area contributed by atoms with Crippen LogP contribution in [0.5, 0.6) is 11.5 Å². The number of carbonyl (C=O) groups is 1. The summed E-state index contributed by atoms with van der Waals surface area (Å²) in [5.41, 5.74) is 0.523. The van der Waals surface area contributed by atoms with Gasteiger partial charge in [0.05, 0.1) is 32.4 Å². The Labute approximate surface area is 157 Å². The number of ether oxygens (including phenoxy) is 2. The SMILES string of the molecule is COc1ccc(OC)c(NC(=O)C2CCN(S(=O)(=O)c3cnc[nH]3)CC2)c1. The summed E-state index contributed by atoms with van der Waals surface area (Å²) in [6.07, 6.45) is 3.48. The average molecular weight is 394 g/mol. The van der Waals surface area contributed by atoms with E-state index >= 15 is 0 Å². The molecule has 0 aliphatic carbocycles. The third-order valence-electron chi connectivity index (χ3n) is 4.58. The highest BCUT2D eigenvalue weighted by Gasteiger charge is 2.33. The third kappa shape index (κ3) is 4.06. The monoisotopic (exact) mass is 394 g/mol. The number of amides is 1. The molecule has 1 aliphatic rings. The molecule has 1 amide bonds. The fourth-order valence-electron chi connectivity index (χ4n) is 3.03. The van der Waals surface area contributed by atoms with E-state index in [0.717, 1.165) is 0 Å². The molecule has 9 nitrogen and oxygen atoms in total. The number of piperidine rings is 1. The number of rotatable bonds is 6. The summed E-state index contributed by atoms with van der Waals surface area (Å²) >= 11 is 0. The second-order valence-corrected chi connectivity index (χ2v) is 8.06. The van der Waals surface area contributed by atoms with E-state index in [1.807, 2.05) is 0 Å². The maximum Gasteiger partial charge on any atom is 0.260 e. The molecule has 1 saturated heterocycles.